The Labute approximate surface area is 113 Å². The van der Waals surface area contributed by atoms with Crippen LogP contribution in [0.15, 0.2) is 0 Å². The zero-order chi connectivity index (χ0) is 13.8. The molecule has 108 valence electrons. The molecule has 0 aromatic heterocycles. The van der Waals surface area contributed by atoms with Gasteiger partial charge in [-0.3, -0.25) is 4.79 Å². The largest absolute Gasteiger partial charge is 0.352 e. The minimum atomic E-state index is -0.499. The lowest BCUT2D eigenvalue weighted by Gasteiger charge is -2.35. The highest BCUT2D eigenvalue weighted by Gasteiger charge is 2.35. The molecule has 3 atom stereocenters. The quantitative estimate of drug-likeness (QED) is 0.672. The van der Waals surface area contributed by atoms with Crippen molar-refractivity contribution in [1.29, 1.82) is 0 Å². The number of nitrogens with two attached hydrogens (primary N) is 2. The number of nitrogens with one attached hydrogen (secondary N) is 1. The molecule has 0 radical (unpaired) electrons. The van der Waals surface area contributed by atoms with Crippen LogP contribution in [0.2, 0.25) is 0 Å². The molecule has 6 nitrogen and oxygen atoms in total. The van der Waals surface area contributed by atoms with Crippen molar-refractivity contribution >= 4 is 11.9 Å². The normalized spacial score (nSPS) is 31.2. The van der Waals surface area contributed by atoms with Gasteiger partial charge in [-0.1, -0.05) is 6.42 Å². The fourth-order valence-electron chi connectivity index (χ4n) is 3.21. The number of hydrogen-bond acceptors (Lipinski definition) is 3. The van der Waals surface area contributed by atoms with E-state index in [0.29, 0.717) is 19.0 Å². The van der Waals surface area contributed by atoms with E-state index in [-0.39, 0.29) is 17.9 Å². The third kappa shape index (κ3) is 3.59. The first-order valence-electron chi connectivity index (χ1n) is 7.15. The third-order valence-corrected chi connectivity index (χ3v) is 4.28. The van der Waals surface area contributed by atoms with Crippen molar-refractivity contribution in [3.05, 3.63) is 0 Å². The second-order valence-electron chi connectivity index (χ2n) is 5.74. The minimum Gasteiger partial charge on any atom is -0.352 e. The summed E-state index contributed by atoms with van der Waals surface area (Å²) >= 11 is 0. The van der Waals surface area contributed by atoms with Crippen LogP contribution in [0.4, 0.5) is 4.79 Å². The Morgan fingerprint density at radius 2 is 2.00 bits per heavy atom. The first-order chi connectivity index (χ1) is 9.08. The fourth-order valence-corrected chi connectivity index (χ4v) is 3.21. The molecule has 1 aliphatic carbocycles. The summed E-state index contributed by atoms with van der Waals surface area (Å²) in [4.78, 5) is 25.1. The van der Waals surface area contributed by atoms with Gasteiger partial charge in [0.15, 0.2) is 0 Å². The Kier molecular flexibility index (Phi) is 4.63. The summed E-state index contributed by atoms with van der Waals surface area (Å²) in [5.41, 5.74) is 11.1. The number of likely N-dealkylation sites (tertiary alicyclic amines) is 1. The number of hydrogen-bond donors (Lipinski definition) is 3. The molecule has 3 amide bonds. The molecule has 2 rings (SSSR count). The Morgan fingerprint density at radius 1 is 1.21 bits per heavy atom. The molecular weight excluding hydrogens is 244 g/mol. The van der Waals surface area contributed by atoms with Gasteiger partial charge < -0.3 is 21.7 Å². The molecule has 1 saturated carbocycles. The Bertz CT molecular complexity index is 348. The van der Waals surface area contributed by atoms with Gasteiger partial charge in [-0.25, -0.2) is 4.79 Å². The zero-order valence-electron chi connectivity index (χ0n) is 11.3. The summed E-state index contributed by atoms with van der Waals surface area (Å²) < 4.78 is 0. The van der Waals surface area contributed by atoms with E-state index < -0.39 is 6.03 Å². The number of primary amides is 1. The summed E-state index contributed by atoms with van der Waals surface area (Å²) in [7, 11) is 0. The van der Waals surface area contributed by atoms with Crippen LogP contribution in [0.25, 0.3) is 0 Å². The molecule has 2 aliphatic rings. The maximum atomic E-state index is 12.4. The summed E-state index contributed by atoms with van der Waals surface area (Å²) in [5.74, 6) is 0.513. The average molecular weight is 268 g/mol. The van der Waals surface area contributed by atoms with E-state index in [4.69, 9.17) is 11.5 Å². The summed E-state index contributed by atoms with van der Waals surface area (Å²) in [6, 6.07) is -0.474. The lowest BCUT2D eigenvalue weighted by molar-refractivity contribution is -0.137. The highest BCUT2D eigenvalue weighted by molar-refractivity contribution is 5.80. The van der Waals surface area contributed by atoms with Gasteiger partial charge in [-0.15, -0.1) is 0 Å². The van der Waals surface area contributed by atoms with Crippen molar-refractivity contribution in [3.8, 4) is 0 Å². The molecule has 5 N–H and O–H groups in total. The van der Waals surface area contributed by atoms with Gasteiger partial charge in [-0.2, -0.15) is 0 Å². The van der Waals surface area contributed by atoms with E-state index in [2.05, 4.69) is 5.32 Å². The molecule has 1 heterocycles. The van der Waals surface area contributed by atoms with E-state index in [0.717, 1.165) is 38.6 Å². The number of urea groups is 1. The van der Waals surface area contributed by atoms with E-state index in [1.54, 1.807) is 0 Å². The smallest absolute Gasteiger partial charge is 0.312 e. The molecule has 0 aromatic carbocycles. The highest BCUT2D eigenvalue weighted by Crippen LogP contribution is 2.27. The Balaban J connectivity index is 1.86. The summed E-state index contributed by atoms with van der Waals surface area (Å²) in [6.07, 6.45) is 4.94. The molecule has 2 fully saturated rings. The van der Waals surface area contributed by atoms with Crippen LogP contribution in [-0.2, 0) is 4.79 Å². The molecule has 0 aromatic rings. The number of nitrogens with zero attached hydrogens (tertiary/aromatic N) is 1. The van der Waals surface area contributed by atoms with E-state index >= 15 is 0 Å². The highest BCUT2D eigenvalue weighted by atomic mass is 16.2. The van der Waals surface area contributed by atoms with Gasteiger partial charge in [0.1, 0.15) is 0 Å². The van der Waals surface area contributed by atoms with Crippen LogP contribution >= 0.6 is 0 Å². The van der Waals surface area contributed by atoms with Crippen LogP contribution < -0.4 is 16.8 Å². The number of amides is 3. The summed E-state index contributed by atoms with van der Waals surface area (Å²) in [5, 5.41) is 2.63. The molecule has 1 saturated heterocycles. The molecular formula is C13H24N4O2. The monoisotopic (exact) mass is 268 g/mol. The molecule has 19 heavy (non-hydrogen) atoms. The number of carbonyl (C=O) groups excluding carboxylic acids is 2. The molecule has 0 spiro atoms. The van der Waals surface area contributed by atoms with Crippen molar-refractivity contribution < 1.29 is 9.59 Å². The van der Waals surface area contributed by atoms with Crippen molar-refractivity contribution in [2.45, 2.75) is 38.1 Å². The Hall–Kier alpha value is -1.30. The van der Waals surface area contributed by atoms with E-state index in [1.807, 2.05) is 4.90 Å². The van der Waals surface area contributed by atoms with Gasteiger partial charge in [-0.05, 0) is 31.6 Å². The predicted molar refractivity (Wildman–Crippen MR) is 72.2 cm³/mol. The van der Waals surface area contributed by atoms with Crippen LogP contribution in [0, 0.1) is 11.8 Å². The standard InChI is InChI=1S/C13H24N4O2/c14-11-5-1-4-10(11)12(18)17-6-2-3-9(8-17)7-16-13(15)19/h9-11H,1-8,14H2,(H3,15,16,19). The molecule has 3 unspecified atom stereocenters. The summed E-state index contributed by atoms with van der Waals surface area (Å²) in [6.45, 7) is 2.08. The molecule has 0 bridgehead atoms. The van der Waals surface area contributed by atoms with Crippen LogP contribution in [-0.4, -0.2) is 42.5 Å². The van der Waals surface area contributed by atoms with Crippen LogP contribution in [0.1, 0.15) is 32.1 Å². The van der Waals surface area contributed by atoms with Crippen molar-refractivity contribution in [1.82, 2.24) is 10.2 Å². The molecule has 6 heteroatoms. The SMILES string of the molecule is NC(=O)NCC1CCCN(C(=O)C2CCCC2N)C1. The lowest BCUT2D eigenvalue weighted by atomic mass is 9.95. The number of rotatable bonds is 3. The van der Waals surface area contributed by atoms with Gasteiger partial charge >= 0.3 is 6.03 Å². The van der Waals surface area contributed by atoms with Gasteiger partial charge in [0.05, 0.1) is 5.92 Å². The first kappa shape index (κ1) is 14.1. The van der Waals surface area contributed by atoms with Crippen molar-refractivity contribution in [3.63, 3.8) is 0 Å². The second-order valence-corrected chi connectivity index (χ2v) is 5.74. The number of carbonyl (C=O) groups is 2. The zero-order valence-corrected chi connectivity index (χ0v) is 11.3. The van der Waals surface area contributed by atoms with Gasteiger partial charge in [0, 0.05) is 25.7 Å². The topological polar surface area (TPSA) is 101 Å². The van der Waals surface area contributed by atoms with Gasteiger partial charge in [0.2, 0.25) is 5.91 Å². The van der Waals surface area contributed by atoms with Crippen LogP contribution in [0.3, 0.4) is 0 Å². The van der Waals surface area contributed by atoms with Crippen molar-refractivity contribution in [2.24, 2.45) is 23.3 Å². The lowest BCUT2D eigenvalue weighted by Crippen LogP contribution is -2.48. The maximum absolute atomic E-state index is 12.4. The van der Waals surface area contributed by atoms with Crippen molar-refractivity contribution in [2.75, 3.05) is 19.6 Å². The van der Waals surface area contributed by atoms with Gasteiger partial charge in [0.25, 0.3) is 0 Å². The third-order valence-electron chi connectivity index (χ3n) is 4.28. The predicted octanol–water partition coefficient (Wildman–Crippen LogP) is 0.0207. The minimum absolute atomic E-state index is 0.00264. The number of piperidine rings is 1. The fraction of sp³-hybridized carbons (Fsp3) is 0.846. The first-order valence-corrected chi connectivity index (χ1v) is 7.15. The molecule has 1 aliphatic heterocycles. The second kappa shape index (κ2) is 6.23. The Morgan fingerprint density at radius 3 is 2.63 bits per heavy atom. The maximum Gasteiger partial charge on any atom is 0.312 e. The van der Waals surface area contributed by atoms with E-state index in [1.165, 1.54) is 0 Å². The van der Waals surface area contributed by atoms with Crippen LogP contribution in [0.5, 0.6) is 0 Å². The van der Waals surface area contributed by atoms with E-state index in [9.17, 15) is 9.59 Å². The average Bonchev–Trinajstić information content (AvgIpc) is 2.82.